The van der Waals surface area contributed by atoms with Gasteiger partial charge in [-0.15, -0.1) is 6.58 Å². The van der Waals surface area contributed by atoms with E-state index in [0.29, 0.717) is 5.92 Å². The van der Waals surface area contributed by atoms with E-state index in [-0.39, 0.29) is 0 Å². The zero-order chi connectivity index (χ0) is 22.7. The van der Waals surface area contributed by atoms with Crippen molar-refractivity contribution in [2.24, 2.45) is 5.92 Å². The minimum atomic E-state index is 0.559. The van der Waals surface area contributed by atoms with Crippen LogP contribution in [0.25, 0.3) is 10.8 Å². The minimum absolute atomic E-state index is 0.559. The quantitative estimate of drug-likeness (QED) is 0.398. The Balaban J connectivity index is 1.69. The number of hydrogen-bond acceptors (Lipinski definition) is 4. The Morgan fingerprint density at radius 1 is 1.16 bits per heavy atom. The molecule has 0 fully saturated rings. The fourth-order valence-corrected chi connectivity index (χ4v) is 5.06. The lowest BCUT2D eigenvalue weighted by molar-refractivity contribution is 0.557. The summed E-state index contributed by atoms with van der Waals surface area (Å²) in [4.78, 5) is 14.8. The molecule has 0 aliphatic carbocycles. The molecule has 0 saturated carbocycles. The topological polar surface area (TPSA) is 32.3 Å². The summed E-state index contributed by atoms with van der Waals surface area (Å²) < 4.78 is 0. The number of rotatable bonds is 8. The second-order valence-corrected chi connectivity index (χ2v) is 9.22. The SMILES string of the molecule is C=CCC(C)CN(CCC)c1nc(C)nc2c1CCN(c1cccc3cccc(C)c13)C2. The number of hydrogen-bond donors (Lipinski definition) is 0. The fourth-order valence-electron chi connectivity index (χ4n) is 5.06. The summed E-state index contributed by atoms with van der Waals surface area (Å²) in [5, 5.41) is 2.66. The molecule has 168 valence electrons. The van der Waals surface area contributed by atoms with Gasteiger partial charge in [0.2, 0.25) is 0 Å². The molecule has 4 rings (SSSR count). The number of anilines is 2. The third kappa shape index (κ3) is 4.50. The van der Waals surface area contributed by atoms with Gasteiger partial charge in [-0.3, -0.25) is 0 Å². The van der Waals surface area contributed by atoms with Gasteiger partial charge in [0.15, 0.2) is 0 Å². The van der Waals surface area contributed by atoms with Crippen LogP contribution in [0, 0.1) is 19.8 Å². The molecule has 0 amide bonds. The highest BCUT2D eigenvalue weighted by Crippen LogP contribution is 2.34. The molecule has 0 radical (unpaired) electrons. The highest BCUT2D eigenvalue weighted by atomic mass is 15.2. The predicted molar refractivity (Wildman–Crippen MR) is 137 cm³/mol. The third-order valence-corrected chi connectivity index (χ3v) is 6.48. The first-order valence-electron chi connectivity index (χ1n) is 12.0. The molecule has 0 saturated heterocycles. The number of aryl methyl sites for hydroxylation is 2. The van der Waals surface area contributed by atoms with Gasteiger partial charge < -0.3 is 9.80 Å². The second-order valence-electron chi connectivity index (χ2n) is 9.22. The monoisotopic (exact) mass is 428 g/mol. The normalized spacial score (nSPS) is 14.3. The van der Waals surface area contributed by atoms with Crippen LogP contribution in [-0.2, 0) is 13.0 Å². The second kappa shape index (κ2) is 9.72. The van der Waals surface area contributed by atoms with Crippen LogP contribution < -0.4 is 9.80 Å². The zero-order valence-corrected chi connectivity index (χ0v) is 20.1. The molecular weight excluding hydrogens is 392 g/mol. The first-order chi connectivity index (χ1) is 15.5. The molecule has 4 heteroatoms. The van der Waals surface area contributed by atoms with Crippen molar-refractivity contribution >= 4 is 22.3 Å². The van der Waals surface area contributed by atoms with E-state index in [1.54, 1.807) is 0 Å². The van der Waals surface area contributed by atoms with Crippen LogP contribution in [0.4, 0.5) is 11.5 Å². The summed E-state index contributed by atoms with van der Waals surface area (Å²) in [5.74, 6) is 2.58. The molecule has 0 spiro atoms. The van der Waals surface area contributed by atoms with Crippen LogP contribution in [0.3, 0.4) is 0 Å². The summed E-state index contributed by atoms with van der Waals surface area (Å²) in [6.45, 7) is 16.6. The molecule has 32 heavy (non-hydrogen) atoms. The summed E-state index contributed by atoms with van der Waals surface area (Å²) in [6, 6.07) is 13.2. The van der Waals surface area contributed by atoms with Gasteiger partial charge in [-0.1, -0.05) is 50.3 Å². The number of benzene rings is 2. The van der Waals surface area contributed by atoms with Crippen LogP contribution >= 0.6 is 0 Å². The van der Waals surface area contributed by atoms with Gasteiger partial charge in [0, 0.05) is 36.3 Å². The first-order valence-corrected chi connectivity index (χ1v) is 12.0. The smallest absolute Gasteiger partial charge is 0.135 e. The maximum absolute atomic E-state index is 4.95. The van der Waals surface area contributed by atoms with Crippen molar-refractivity contribution in [3.63, 3.8) is 0 Å². The molecule has 3 aromatic rings. The predicted octanol–water partition coefficient (Wildman–Crippen LogP) is 6.24. The van der Waals surface area contributed by atoms with E-state index in [9.17, 15) is 0 Å². The number of aromatic nitrogens is 2. The molecule has 1 aromatic heterocycles. The number of fused-ring (bicyclic) bond motifs is 2. The van der Waals surface area contributed by atoms with Gasteiger partial charge in [-0.2, -0.15) is 0 Å². The summed E-state index contributed by atoms with van der Waals surface area (Å²) in [7, 11) is 0. The van der Waals surface area contributed by atoms with E-state index in [1.807, 2.05) is 13.0 Å². The molecule has 1 atom stereocenters. The lowest BCUT2D eigenvalue weighted by Gasteiger charge is -2.35. The van der Waals surface area contributed by atoms with Crippen molar-refractivity contribution in [3.8, 4) is 0 Å². The number of nitrogens with zero attached hydrogens (tertiary/aromatic N) is 4. The Morgan fingerprint density at radius 3 is 2.69 bits per heavy atom. The van der Waals surface area contributed by atoms with Crippen LogP contribution in [-0.4, -0.2) is 29.6 Å². The van der Waals surface area contributed by atoms with E-state index in [1.165, 1.54) is 33.3 Å². The van der Waals surface area contributed by atoms with Gasteiger partial charge in [0.25, 0.3) is 0 Å². The average Bonchev–Trinajstić information content (AvgIpc) is 2.78. The van der Waals surface area contributed by atoms with Crippen LogP contribution in [0.5, 0.6) is 0 Å². The van der Waals surface area contributed by atoms with E-state index in [2.05, 4.69) is 73.5 Å². The van der Waals surface area contributed by atoms with Crippen molar-refractivity contribution < 1.29 is 0 Å². The minimum Gasteiger partial charge on any atom is -0.365 e. The highest BCUT2D eigenvalue weighted by molar-refractivity contribution is 5.97. The summed E-state index contributed by atoms with van der Waals surface area (Å²) in [6.07, 6.45) is 5.14. The molecule has 2 heterocycles. The Labute approximate surface area is 193 Å². The highest BCUT2D eigenvalue weighted by Gasteiger charge is 2.26. The molecule has 1 aliphatic rings. The lowest BCUT2D eigenvalue weighted by Crippen LogP contribution is -2.36. The Kier molecular flexibility index (Phi) is 6.78. The Morgan fingerprint density at radius 2 is 1.94 bits per heavy atom. The van der Waals surface area contributed by atoms with Crippen LogP contribution in [0.15, 0.2) is 49.1 Å². The molecule has 4 nitrogen and oxygen atoms in total. The largest absolute Gasteiger partial charge is 0.365 e. The molecule has 2 aromatic carbocycles. The van der Waals surface area contributed by atoms with Gasteiger partial charge in [-0.25, -0.2) is 9.97 Å². The van der Waals surface area contributed by atoms with Gasteiger partial charge in [0.1, 0.15) is 11.6 Å². The van der Waals surface area contributed by atoms with Gasteiger partial charge in [-0.05, 0) is 56.0 Å². The van der Waals surface area contributed by atoms with Crippen LogP contribution in [0.2, 0.25) is 0 Å². The van der Waals surface area contributed by atoms with E-state index in [0.717, 1.165) is 57.1 Å². The van der Waals surface area contributed by atoms with Crippen molar-refractivity contribution in [1.29, 1.82) is 0 Å². The zero-order valence-electron chi connectivity index (χ0n) is 20.1. The lowest BCUT2D eigenvalue weighted by atomic mass is 9.99. The first kappa shape index (κ1) is 22.3. The molecule has 0 bridgehead atoms. The maximum Gasteiger partial charge on any atom is 0.135 e. The average molecular weight is 429 g/mol. The molecular formula is C28H36N4. The summed E-state index contributed by atoms with van der Waals surface area (Å²) in [5.41, 5.74) is 5.16. The van der Waals surface area contributed by atoms with Gasteiger partial charge >= 0.3 is 0 Å². The van der Waals surface area contributed by atoms with E-state index >= 15 is 0 Å². The number of allylic oxidation sites excluding steroid dienone is 1. The van der Waals surface area contributed by atoms with Crippen molar-refractivity contribution in [2.75, 3.05) is 29.4 Å². The fraction of sp³-hybridized carbons (Fsp3) is 0.429. The molecule has 0 N–H and O–H groups in total. The van der Waals surface area contributed by atoms with Crippen molar-refractivity contribution in [3.05, 3.63) is 71.7 Å². The van der Waals surface area contributed by atoms with E-state index < -0.39 is 0 Å². The van der Waals surface area contributed by atoms with Crippen molar-refractivity contribution in [1.82, 2.24) is 9.97 Å². The van der Waals surface area contributed by atoms with E-state index in [4.69, 9.17) is 9.97 Å². The maximum atomic E-state index is 4.95. The third-order valence-electron chi connectivity index (χ3n) is 6.48. The summed E-state index contributed by atoms with van der Waals surface area (Å²) >= 11 is 0. The standard InChI is InChI=1S/C28H36N4/c1-6-10-20(3)18-32(16-7-2)28-24-15-17-31(19-25(24)29-22(5)30-28)26-14-9-13-23-12-8-11-21(4)27(23)26/h6,8-9,11-14,20H,1,7,10,15-19H2,2-5H3. The Hall–Kier alpha value is -2.88. The van der Waals surface area contributed by atoms with Crippen LogP contribution in [0.1, 0.15) is 49.3 Å². The Bertz CT molecular complexity index is 1100. The van der Waals surface area contributed by atoms with Crippen molar-refractivity contribution in [2.45, 2.75) is 53.5 Å². The molecule has 1 aliphatic heterocycles. The van der Waals surface area contributed by atoms with Gasteiger partial charge in [0.05, 0.1) is 12.2 Å². The molecule has 1 unspecified atom stereocenters.